The van der Waals surface area contributed by atoms with Crippen LogP contribution < -0.4 is 10.6 Å². The highest BCUT2D eigenvalue weighted by molar-refractivity contribution is 9.10. The number of nitrogens with two attached hydrogens (primary N) is 1. The number of hydrogen-bond acceptors (Lipinski definition) is 2. The average molecular weight is 340 g/mol. The lowest BCUT2D eigenvalue weighted by atomic mass is 9.91. The van der Waals surface area contributed by atoms with E-state index in [0.717, 1.165) is 25.3 Å². The summed E-state index contributed by atoms with van der Waals surface area (Å²) in [6.45, 7) is 0.921. The fourth-order valence-corrected chi connectivity index (χ4v) is 4.27. The second-order valence-corrected chi connectivity index (χ2v) is 6.56. The van der Waals surface area contributed by atoms with Crippen LogP contribution in [0.2, 0.25) is 0 Å². The average Bonchev–Trinajstić information content (AvgIpc) is 2.89. The summed E-state index contributed by atoms with van der Waals surface area (Å²) in [5.74, 6) is 0.319. The van der Waals surface area contributed by atoms with E-state index < -0.39 is 0 Å². The third kappa shape index (κ3) is 2.22. The predicted octanol–water partition coefficient (Wildman–Crippen LogP) is 3.64. The van der Waals surface area contributed by atoms with Crippen LogP contribution in [-0.4, -0.2) is 18.4 Å². The second-order valence-electron chi connectivity index (χ2n) is 5.77. The van der Waals surface area contributed by atoms with Gasteiger partial charge in [-0.15, -0.1) is 0 Å². The van der Waals surface area contributed by atoms with Gasteiger partial charge in [-0.1, -0.05) is 6.42 Å². The molecule has 20 heavy (non-hydrogen) atoms. The molecule has 2 atom stereocenters. The Kier molecular flexibility index (Phi) is 3.71. The number of halogens is 2. The Balaban J connectivity index is 1.97. The van der Waals surface area contributed by atoms with Gasteiger partial charge in [0, 0.05) is 18.2 Å². The fourth-order valence-electron chi connectivity index (χ4n) is 3.72. The number of nitrogen functional groups attached to an aromatic ring is 1. The van der Waals surface area contributed by atoms with E-state index in [1.54, 1.807) is 12.1 Å². The monoisotopic (exact) mass is 339 g/mol. The highest BCUT2D eigenvalue weighted by Gasteiger charge is 2.36. The van der Waals surface area contributed by atoms with E-state index >= 15 is 0 Å². The highest BCUT2D eigenvalue weighted by atomic mass is 79.9. The summed E-state index contributed by atoms with van der Waals surface area (Å²) in [6, 6.07) is 3.99. The topological polar surface area (TPSA) is 53.1 Å². The summed E-state index contributed by atoms with van der Waals surface area (Å²) in [5.41, 5.74) is 6.54. The first-order valence-electron chi connectivity index (χ1n) is 7.18. The van der Waals surface area contributed by atoms with Crippen LogP contribution in [0, 0.1) is 17.1 Å². The molecule has 0 aromatic heterocycles. The van der Waals surface area contributed by atoms with E-state index in [2.05, 4.69) is 20.8 Å². The maximum Gasteiger partial charge on any atom is 0.161 e. The molecule has 2 aliphatic rings. The molecule has 0 radical (unpaired) electrons. The van der Waals surface area contributed by atoms with E-state index in [0.29, 0.717) is 21.8 Å². The quantitative estimate of drug-likeness (QED) is 0.638. The van der Waals surface area contributed by atoms with Crippen molar-refractivity contribution in [1.29, 1.82) is 5.41 Å². The summed E-state index contributed by atoms with van der Waals surface area (Å²) >= 11 is 3.25. The molecule has 1 heterocycles. The Morgan fingerprint density at radius 3 is 2.80 bits per heavy atom. The molecule has 1 saturated heterocycles. The van der Waals surface area contributed by atoms with Crippen LogP contribution in [0.15, 0.2) is 16.6 Å². The van der Waals surface area contributed by atoms with Crippen LogP contribution >= 0.6 is 15.9 Å². The van der Waals surface area contributed by atoms with Gasteiger partial charge in [-0.05, 0) is 59.7 Å². The lowest BCUT2D eigenvalue weighted by Crippen LogP contribution is -2.43. The molecule has 0 spiro atoms. The van der Waals surface area contributed by atoms with Gasteiger partial charge in [0.2, 0.25) is 0 Å². The van der Waals surface area contributed by atoms with Gasteiger partial charge in [-0.3, -0.25) is 5.41 Å². The molecule has 108 valence electrons. The summed E-state index contributed by atoms with van der Waals surface area (Å²) in [7, 11) is 0. The molecular formula is C15H19BrFN3. The smallest absolute Gasteiger partial charge is 0.161 e. The maximum atomic E-state index is 14.6. The molecular weight excluding hydrogens is 321 g/mol. The van der Waals surface area contributed by atoms with Gasteiger partial charge in [0.1, 0.15) is 5.84 Å². The summed E-state index contributed by atoms with van der Waals surface area (Å²) in [4.78, 5) is 2.23. The van der Waals surface area contributed by atoms with Gasteiger partial charge >= 0.3 is 0 Å². The van der Waals surface area contributed by atoms with Crippen LogP contribution in [0.1, 0.15) is 37.7 Å². The number of hydrogen-bond donors (Lipinski definition) is 2. The first-order chi connectivity index (χ1) is 9.59. The van der Waals surface area contributed by atoms with Gasteiger partial charge in [0.05, 0.1) is 10.2 Å². The molecule has 0 bridgehead atoms. The number of benzene rings is 1. The third-order valence-corrected chi connectivity index (χ3v) is 5.43. The molecule has 2 unspecified atom stereocenters. The minimum Gasteiger partial charge on any atom is -0.384 e. The van der Waals surface area contributed by atoms with Crippen molar-refractivity contribution in [3.63, 3.8) is 0 Å². The van der Waals surface area contributed by atoms with Crippen LogP contribution in [0.25, 0.3) is 0 Å². The van der Waals surface area contributed by atoms with E-state index in [9.17, 15) is 4.39 Å². The van der Waals surface area contributed by atoms with Crippen molar-refractivity contribution in [2.75, 3.05) is 11.4 Å². The molecule has 2 fully saturated rings. The minimum absolute atomic E-state index is 0.111. The molecule has 0 amide bonds. The maximum absolute atomic E-state index is 14.6. The van der Waals surface area contributed by atoms with E-state index in [4.69, 9.17) is 11.1 Å². The zero-order chi connectivity index (χ0) is 14.3. The Bertz CT molecular complexity index is 546. The van der Waals surface area contributed by atoms with Crippen molar-refractivity contribution in [2.45, 2.75) is 38.1 Å². The van der Waals surface area contributed by atoms with E-state index in [-0.39, 0.29) is 11.7 Å². The Labute approximate surface area is 127 Å². The summed E-state index contributed by atoms with van der Waals surface area (Å²) in [6.07, 6.45) is 6.09. The molecule has 3 rings (SSSR count). The zero-order valence-electron chi connectivity index (χ0n) is 11.3. The molecule has 1 aromatic rings. The molecule has 1 saturated carbocycles. The van der Waals surface area contributed by atoms with Crippen LogP contribution in [0.4, 0.5) is 10.1 Å². The first kappa shape index (κ1) is 13.9. The Hall–Kier alpha value is -1.10. The van der Waals surface area contributed by atoms with Gasteiger partial charge < -0.3 is 10.6 Å². The van der Waals surface area contributed by atoms with Gasteiger partial charge in [-0.2, -0.15) is 0 Å². The van der Waals surface area contributed by atoms with Crippen LogP contribution in [0.3, 0.4) is 0 Å². The molecule has 3 N–H and O–H groups in total. The third-order valence-electron chi connectivity index (χ3n) is 4.65. The van der Waals surface area contributed by atoms with Crippen molar-refractivity contribution < 1.29 is 4.39 Å². The number of amidine groups is 1. The first-order valence-corrected chi connectivity index (χ1v) is 7.98. The Morgan fingerprint density at radius 2 is 2.05 bits per heavy atom. The minimum atomic E-state index is -0.287. The van der Waals surface area contributed by atoms with Gasteiger partial charge in [-0.25, -0.2) is 4.39 Å². The number of nitrogens with zero attached hydrogens (tertiary/aromatic N) is 1. The summed E-state index contributed by atoms with van der Waals surface area (Å²) in [5, 5.41) is 7.47. The van der Waals surface area contributed by atoms with Crippen molar-refractivity contribution >= 4 is 27.5 Å². The second kappa shape index (κ2) is 5.35. The number of piperidine rings is 1. The Morgan fingerprint density at radius 1 is 1.30 bits per heavy atom. The van der Waals surface area contributed by atoms with Crippen molar-refractivity contribution in [3.05, 3.63) is 28.0 Å². The van der Waals surface area contributed by atoms with Gasteiger partial charge in [0.15, 0.2) is 5.82 Å². The number of nitrogens with one attached hydrogen (secondary N) is 1. The lowest BCUT2D eigenvalue weighted by Gasteiger charge is -2.39. The number of rotatable bonds is 2. The normalized spacial score (nSPS) is 25.6. The molecule has 1 aromatic carbocycles. The van der Waals surface area contributed by atoms with Crippen molar-refractivity contribution in [3.8, 4) is 0 Å². The molecule has 3 nitrogen and oxygen atoms in total. The largest absolute Gasteiger partial charge is 0.384 e. The lowest BCUT2D eigenvalue weighted by molar-refractivity contribution is 0.359. The number of anilines is 1. The van der Waals surface area contributed by atoms with Gasteiger partial charge in [0.25, 0.3) is 0 Å². The van der Waals surface area contributed by atoms with E-state index in [1.165, 1.54) is 19.3 Å². The van der Waals surface area contributed by atoms with Crippen LogP contribution in [-0.2, 0) is 0 Å². The zero-order valence-corrected chi connectivity index (χ0v) is 12.9. The fraction of sp³-hybridized carbons (Fsp3) is 0.533. The molecule has 5 heteroatoms. The number of fused-ring (bicyclic) bond motifs is 1. The molecule has 1 aliphatic heterocycles. The van der Waals surface area contributed by atoms with Crippen molar-refractivity contribution in [1.82, 2.24) is 0 Å². The predicted molar refractivity (Wildman–Crippen MR) is 82.8 cm³/mol. The SMILES string of the molecule is N=C(N)c1ccc(N2CCCC3CCCC32)c(F)c1Br. The highest BCUT2D eigenvalue weighted by Crippen LogP contribution is 2.41. The van der Waals surface area contributed by atoms with Crippen molar-refractivity contribution in [2.24, 2.45) is 11.7 Å². The molecule has 1 aliphatic carbocycles. The summed E-state index contributed by atoms with van der Waals surface area (Å²) < 4.78 is 14.9. The van der Waals surface area contributed by atoms with E-state index in [1.807, 2.05) is 0 Å². The standard InChI is InChI=1S/C15H19BrFN3/c16-13-10(15(18)19)6-7-12(14(13)17)20-8-2-4-9-3-1-5-11(9)20/h6-7,9,11H,1-5,8H2,(H3,18,19). The van der Waals surface area contributed by atoms with Crippen LogP contribution in [0.5, 0.6) is 0 Å².